The van der Waals surface area contributed by atoms with Gasteiger partial charge in [0.15, 0.2) is 0 Å². The SMILES string of the molecule is Cc1ccc([C@@H](NC(=O)C2CCCC2)c2ccccc2)c(C)c1. The van der Waals surface area contributed by atoms with E-state index in [1.54, 1.807) is 0 Å². The van der Waals surface area contributed by atoms with Gasteiger partial charge in [0.05, 0.1) is 6.04 Å². The maximum absolute atomic E-state index is 12.7. The summed E-state index contributed by atoms with van der Waals surface area (Å²) in [6.07, 6.45) is 4.41. The van der Waals surface area contributed by atoms with E-state index in [4.69, 9.17) is 0 Å². The molecule has 1 N–H and O–H groups in total. The third kappa shape index (κ3) is 3.64. The smallest absolute Gasteiger partial charge is 0.223 e. The molecule has 2 aromatic rings. The van der Waals surface area contributed by atoms with E-state index >= 15 is 0 Å². The van der Waals surface area contributed by atoms with E-state index in [1.807, 2.05) is 18.2 Å². The second-order valence-corrected chi connectivity index (χ2v) is 6.69. The molecule has 2 aromatic carbocycles. The molecule has 1 atom stereocenters. The molecular formula is C21H25NO. The first-order valence-electron chi connectivity index (χ1n) is 8.57. The van der Waals surface area contributed by atoms with Crippen molar-refractivity contribution in [3.63, 3.8) is 0 Å². The van der Waals surface area contributed by atoms with Crippen molar-refractivity contribution in [3.05, 3.63) is 70.8 Å². The van der Waals surface area contributed by atoms with Gasteiger partial charge in [-0.15, -0.1) is 0 Å². The van der Waals surface area contributed by atoms with Gasteiger partial charge in [0.25, 0.3) is 0 Å². The van der Waals surface area contributed by atoms with Crippen LogP contribution in [0.2, 0.25) is 0 Å². The van der Waals surface area contributed by atoms with Gasteiger partial charge in [0.2, 0.25) is 5.91 Å². The Morgan fingerprint density at radius 3 is 2.39 bits per heavy atom. The van der Waals surface area contributed by atoms with Crippen LogP contribution in [0, 0.1) is 19.8 Å². The Morgan fingerprint density at radius 1 is 1.04 bits per heavy atom. The van der Waals surface area contributed by atoms with E-state index < -0.39 is 0 Å². The predicted molar refractivity (Wildman–Crippen MR) is 94.3 cm³/mol. The van der Waals surface area contributed by atoms with E-state index in [9.17, 15) is 4.79 Å². The zero-order chi connectivity index (χ0) is 16.2. The molecule has 1 aliphatic carbocycles. The minimum absolute atomic E-state index is 0.0649. The Labute approximate surface area is 138 Å². The van der Waals surface area contributed by atoms with Gasteiger partial charge in [0.1, 0.15) is 0 Å². The zero-order valence-corrected chi connectivity index (χ0v) is 14.0. The Morgan fingerprint density at radius 2 is 1.74 bits per heavy atom. The van der Waals surface area contributed by atoms with Gasteiger partial charge < -0.3 is 5.32 Å². The highest BCUT2D eigenvalue weighted by Crippen LogP contribution is 2.29. The van der Waals surface area contributed by atoms with E-state index in [-0.39, 0.29) is 17.9 Å². The summed E-state index contributed by atoms with van der Waals surface area (Å²) in [7, 11) is 0. The van der Waals surface area contributed by atoms with Gasteiger partial charge in [-0.1, -0.05) is 66.9 Å². The molecule has 0 heterocycles. The van der Waals surface area contributed by atoms with Crippen LogP contribution in [0.5, 0.6) is 0 Å². The van der Waals surface area contributed by atoms with Crippen molar-refractivity contribution in [1.29, 1.82) is 0 Å². The molecule has 0 bridgehead atoms. The second-order valence-electron chi connectivity index (χ2n) is 6.69. The molecule has 3 rings (SSSR count). The van der Waals surface area contributed by atoms with Gasteiger partial charge in [-0.25, -0.2) is 0 Å². The van der Waals surface area contributed by atoms with E-state index in [1.165, 1.54) is 29.5 Å². The number of carbonyl (C=O) groups is 1. The van der Waals surface area contributed by atoms with E-state index in [0.29, 0.717) is 0 Å². The molecule has 23 heavy (non-hydrogen) atoms. The molecule has 0 saturated heterocycles. The number of nitrogens with one attached hydrogen (secondary N) is 1. The van der Waals surface area contributed by atoms with Crippen molar-refractivity contribution in [2.24, 2.45) is 5.92 Å². The van der Waals surface area contributed by atoms with Crippen molar-refractivity contribution < 1.29 is 4.79 Å². The number of benzene rings is 2. The van der Waals surface area contributed by atoms with Crippen LogP contribution in [0.4, 0.5) is 0 Å². The maximum Gasteiger partial charge on any atom is 0.223 e. The Balaban J connectivity index is 1.92. The van der Waals surface area contributed by atoms with Crippen LogP contribution in [-0.2, 0) is 4.79 Å². The molecule has 120 valence electrons. The molecule has 2 heteroatoms. The van der Waals surface area contributed by atoms with Gasteiger partial charge in [-0.05, 0) is 43.4 Å². The summed E-state index contributed by atoms with van der Waals surface area (Å²) in [5.74, 6) is 0.392. The molecule has 0 spiro atoms. The van der Waals surface area contributed by atoms with Crippen LogP contribution in [0.25, 0.3) is 0 Å². The Hall–Kier alpha value is -2.09. The molecule has 0 unspecified atom stereocenters. The molecule has 1 fully saturated rings. The normalized spacial score (nSPS) is 16.3. The molecule has 0 aliphatic heterocycles. The number of carbonyl (C=O) groups excluding carboxylic acids is 1. The third-order valence-corrected chi connectivity index (χ3v) is 4.88. The highest BCUT2D eigenvalue weighted by atomic mass is 16.1. The van der Waals surface area contributed by atoms with Crippen LogP contribution in [-0.4, -0.2) is 5.91 Å². The average molecular weight is 307 g/mol. The van der Waals surface area contributed by atoms with Gasteiger partial charge >= 0.3 is 0 Å². The number of hydrogen-bond donors (Lipinski definition) is 1. The topological polar surface area (TPSA) is 29.1 Å². The van der Waals surface area contributed by atoms with Crippen LogP contribution in [0.1, 0.15) is 54.0 Å². The fourth-order valence-corrected chi connectivity index (χ4v) is 3.58. The van der Waals surface area contributed by atoms with Crippen molar-refractivity contribution in [1.82, 2.24) is 5.32 Å². The zero-order valence-electron chi connectivity index (χ0n) is 14.0. The maximum atomic E-state index is 12.7. The van der Waals surface area contributed by atoms with Gasteiger partial charge in [-0.2, -0.15) is 0 Å². The largest absolute Gasteiger partial charge is 0.345 e. The summed E-state index contributed by atoms with van der Waals surface area (Å²) in [6.45, 7) is 4.23. The van der Waals surface area contributed by atoms with Crippen molar-refractivity contribution in [2.75, 3.05) is 0 Å². The van der Waals surface area contributed by atoms with E-state index in [0.717, 1.165) is 18.4 Å². The standard InChI is InChI=1S/C21H25NO/c1-15-12-13-19(16(2)14-15)20(17-8-4-3-5-9-17)22-21(23)18-10-6-7-11-18/h3-5,8-9,12-14,18,20H,6-7,10-11H2,1-2H3,(H,22,23)/t20-/m0/s1. The number of rotatable bonds is 4. The van der Waals surface area contributed by atoms with Gasteiger partial charge in [0, 0.05) is 5.92 Å². The Bertz CT molecular complexity index is 671. The summed E-state index contributed by atoms with van der Waals surface area (Å²) < 4.78 is 0. The average Bonchev–Trinajstić information content (AvgIpc) is 3.08. The lowest BCUT2D eigenvalue weighted by Gasteiger charge is -2.23. The minimum Gasteiger partial charge on any atom is -0.345 e. The lowest BCUT2D eigenvalue weighted by atomic mass is 9.93. The summed E-state index contributed by atoms with van der Waals surface area (Å²) in [5.41, 5.74) is 4.81. The highest BCUT2D eigenvalue weighted by molar-refractivity contribution is 5.80. The molecule has 1 aliphatic rings. The van der Waals surface area contributed by atoms with E-state index in [2.05, 4.69) is 49.5 Å². The van der Waals surface area contributed by atoms with Crippen molar-refractivity contribution >= 4 is 5.91 Å². The second kappa shape index (κ2) is 6.99. The number of hydrogen-bond acceptors (Lipinski definition) is 1. The lowest BCUT2D eigenvalue weighted by Crippen LogP contribution is -2.34. The lowest BCUT2D eigenvalue weighted by molar-refractivity contribution is -0.125. The minimum atomic E-state index is -0.0649. The molecule has 1 amide bonds. The fraction of sp³-hybridized carbons (Fsp3) is 0.381. The number of amides is 1. The molecule has 1 saturated carbocycles. The summed E-state index contributed by atoms with van der Waals surface area (Å²) in [4.78, 5) is 12.7. The van der Waals surface area contributed by atoms with Crippen LogP contribution in [0.15, 0.2) is 48.5 Å². The predicted octanol–water partition coefficient (Wildman–Crippen LogP) is 4.70. The quantitative estimate of drug-likeness (QED) is 0.871. The van der Waals surface area contributed by atoms with Crippen LogP contribution >= 0.6 is 0 Å². The summed E-state index contributed by atoms with van der Waals surface area (Å²) in [6, 6.07) is 16.7. The van der Waals surface area contributed by atoms with Crippen LogP contribution < -0.4 is 5.32 Å². The molecule has 0 radical (unpaired) electrons. The first-order valence-corrected chi connectivity index (χ1v) is 8.57. The third-order valence-electron chi connectivity index (χ3n) is 4.88. The van der Waals surface area contributed by atoms with Gasteiger partial charge in [-0.3, -0.25) is 4.79 Å². The monoisotopic (exact) mass is 307 g/mol. The van der Waals surface area contributed by atoms with Crippen molar-refractivity contribution in [3.8, 4) is 0 Å². The van der Waals surface area contributed by atoms with Crippen LogP contribution in [0.3, 0.4) is 0 Å². The summed E-state index contributed by atoms with van der Waals surface area (Å²) in [5, 5.41) is 3.31. The first-order chi connectivity index (χ1) is 11.1. The molecule has 2 nitrogen and oxygen atoms in total. The molecular weight excluding hydrogens is 282 g/mol. The number of aryl methyl sites for hydroxylation is 2. The van der Waals surface area contributed by atoms with Crippen molar-refractivity contribution in [2.45, 2.75) is 45.6 Å². The Kier molecular flexibility index (Phi) is 4.80. The highest BCUT2D eigenvalue weighted by Gasteiger charge is 2.26. The summed E-state index contributed by atoms with van der Waals surface area (Å²) >= 11 is 0. The first kappa shape index (κ1) is 15.8. The fourth-order valence-electron chi connectivity index (χ4n) is 3.58. The molecule has 0 aromatic heterocycles.